The summed E-state index contributed by atoms with van der Waals surface area (Å²) in [5.74, 6) is 1.63. The van der Waals surface area contributed by atoms with E-state index in [0.717, 1.165) is 61.4 Å². The summed E-state index contributed by atoms with van der Waals surface area (Å²) < 4.78 is 20.9. The van der Waals surface area contributed by atoms with Gasteiger partial charge in [-0.1, -0.05) is 13.0 Å². The second kappa shape index (κ2) is 12.0. The van der Waals surface area contributed by atoms with Crippen molar-refractivity contribution in [2.24, 2.45) is 10.9 Å². The highest BCUT2D eigenvalue weighted by Crippen LogP contribution is 2.35. The van der Waals surface area contributed by atoms with Gasteiger partial charge >= 0.3 is 0 Å². The first-order valence-electron chi connectivity index (χ1n) is 13.3. The molecule has 2 fully saturated rings. The Hall–Kier alpha value is -2.10. The van der Waals surface area contributed by atoms with Crippen LogP contribution in [0.2, 0.25) is 0 Å². The average Bonchev–Trinajstić information content (AvgIpc) is 3.17. The third kappa shape index (κ3) is 6.42. The molecule has 0 aromatic heterocycles. The van der Waals surface area contributed by atoms with Crippen molar-refractivity contribution in [3.8, 4) is 0 Å². The van der Waals surface area contributed by atoms with Crippen molar-refractivity contribution >= 4 is 34.3 Å². The Kier molecular flexibility index (Phi) is 8.96. The highest BCUT2D eigenvalue weighted by atomic mass is 32.2. The van der Waals surface area contributed by atoms with E-state index in [1.807, 2.05) is 29.4 Å². The Morgan fingerprint density at radius 3 is 2.61 bits per heavy atom. The molecule has 1 saturated carbocycles. The van der Waals surface area contributed by atoms with Gasteiger partial charge in [0.2, 0.25) is 5.91 Å². The predicted molar refractivity (Wildman–Crippen MR) is 143 cm³/mol. The Morgan fingerprint density at radius 2 is 1.97 bits per heavy atom. The molecule has 0 radical (unpaired) electrons. The maximum Gasteiger partial charge on any atom is 0.253 e. The lowest BCUT2D eigenvalue weighted by Crippen LogP contribution is -2.49. The second-order valence-corrected chi connectivity index (χ2v) is 11.9. The lowest BCUT2D eigenvalue weighted by Gasteiger charge is -2.34. The fourth-order valence-electron chi connectivity index (χ4n) is 5.51. The van der Waals surface area contributed by atoms with Crippen molar-refractivity contribution in [1.82, 2.24) is 9.62 Å². The van der Waals surface area contributed by atoms with E-state index < -0.39 is 16.5 Å². The number of carbonyl (C=O) groups excluding carboxylic acids is 2. The SMILES string of the molecule is CCCOC1CCC(C2=NC3(CCN(S(=O)CCc4ccc(NC(C)=O)cc4C)CC3)C(=O)N2)CC1. The average molecular weight is 517 g/mol. The minimum Gasteiger partial charge on any atom is -0.378 e. The number of nitrogens with zero attached hydrogens (tertiary/aromatic N) is 2. The minimum atomic E-state index is -1.11. The quantitative estimate of drug-likeness (QED) is 0.525. The molecule has 9 heteroatoms. The molecule has 36 heavy (non-hydrogen) atoms. The standard InChI is InChI=1S/C27H40N4O4S/c1-4-16-35-24-9-6-22(7-10-24)25-29-26(33)27(30-25)12-14-31(15-13-27)36(34)17-11-21-5-8-23(18-19(21)2)28-20(3)32/h5,8,18,22,24H,4,6-7,9-17H2,1-3H3,(H,28,32)(H,29,30,33). The Labute approximate surface area is 217 Å². The van der Waals surface area contributed by atoms with E-state index in [4.69, 9.17) is 9.73 Å². The summed E-state index contributed by atoms with van der Waals surface area (Å²) in [6.45, 7) is 7.66. The number of hydrogen-bond acceptors (Lipinski definition) is 5. The summed E-state index contributed by atoms with van der Waals surface area (Å²) in [7, 11) is -1.11. The van der Waals surface area contributed by atoms with Crippen LogP contribution in [0.5, 0.6) is 0 Å². The highest BCUT2D eigenvalue weighted by molar-refractivity contribution is 7.82. The van der Waals surface area contributed by atoms with Gasteiger partial charge in [0.15, 0.2) is 0 Å². The summed E-state index contributed by atoms with van der Waals surface area (Å²) >= 11 is 0. The van der Waals surface area contributed by atoms with Crippen LogP contribution in [0.4, 0.5) is 5.69 Å². The number of ether oxygens (including phenoxy) is 1. The van der Waals surface area contributed by atoms with Crippen LogP contribution in [-0.2, 0) is 31.7 Å². The Morgan fingerprint density at radius 1 is 1.25 bits per heavy atom. The minimum absolute atomic E-state index is 0.0159. The van der Waals surface area contributed by atoms with Gasteiger partial charge in [0.25, 0.3) is 5.91 Å². The smallest absolute Gasteiger partial charge is 0.253 e. The summed E-state index contributed by atoms with van der Waals surface area (Å²) in [5, 5.41) is 5.90. The van der Waals surface area contributed by atoms with Gasteiger partial charge in [-0.15, -0.1) is 0 Å². The number of anilines is 1. The third-order valence-electron chi connectivity index (χ3n) is 7.66. The molecule has 1 atom stereocenters. The summed E-state index contributed by atoms with van der Waals surface area (Å²) in [6.07, 6.45) is 7.35. The van der Waals surface area contributed by atoms with Crippen molar-refractivity contribution < 1.29 is 18.5 Å². The van der Waals surface area contributed by atoms with Gasteiger partial charge in [-0.2, -0.15) is 0 Å². The highest BCUT2D eigenvalue weighted by Gasteiger charge is 2.47. The van der Waals surface area contributed by atoms with Gasteiger partial charge in [-0.3, -0.25) is 14.6 Å². The molecule has 2 amide bonds. The van der Waals surface area contributed by atoms with Crippen LogP contribution in [0.1, 0.15) is 69.9 Å². The zero-order valence-corrected chi connectivity index (χ0v) is 22.6. The lowest BCUT2D eigenvalue weighted by molar-refractivity contribution is -0.125. The van der Waals surface area contributed by atoms with Gasteiger partial charge in [0.05, 0.1) is 17.1 Å². The first-order valence-corrected chi connectivity index (χ1v) is 14.6. The number of amides is 2. The van der Waals surface area contributed by atoms with E-state index in [2.05, 4.69) is 17.6 Å². The van der Waals surface area contributed by atoms with Gasteiger partial charge in [-0.25, -0.2) is 8.51 Å². The maximum absolute atomic E-state index is 13.0. The third-order valence-corrected chi connectivity index (χ3v) is 9.16. The van der Waals surface area contributed by atoms with Crippen molar-refractivity contribution in [3.63, 3.8) is 0 Å². The van der Waals surface area contributed by atoms with E-state index in [1.165, 1.54) is 6.92 Å². The fraction of sp³-hybridized carbons (Fsp3) is 0.667. The Bertz CT molecular complexity index is 1010. The molecule has 8 nitrogen and oxygen atoms in total. The number of rotatable bonds is 9. The van der Waals surface area contributed by atoms with Crippen LogP contribution in [0.25, 0.3) is 0 Å². The topological polar surface area (TPSA) is 100 Å². The molecule has 2 aliphatic heterocycles. The zero-order valence-electron chi connectivity index (χ0n) is 21.8. The molecule has 1 unspecified atom stereocenters. The predicted octanol–water partition coefficient (Wildman–Crippen LogP) is 3.51. The second-order valence-electron chi connectivity index (χ2n) is 10.4. The largest absolute Gasteiger partial charge is 0.378 e. The number of carbonyl (C=O) groups is 2. The number of benzene rings is 1. The molecule has 1 aromatic carbocycles. The molecule has 0 bridgehead atoms. The van der Waals surface area contributed by atoms with Crippen LogP contribution in [0.15, 0.2) is 23.2 Å². The van der Waals surface area contributed by atoms with E-state index in [9.17, 15) is 13.8 Å². The number of aliphatic imine (C=N–C) groups is 1. The van der Waals surface area contributed by atoms with Crippen LogP contribution >= 0.6 is 0 Å². The summed E-state index contributed by atoms with van der Waals surface area (Å²) in [6, 6.07) is 5.82. The molecule has 198 valence electrons. The maximum atomic E-state index is 13.0. The van der Waals surface area contributed by atoms with Crippen molar-refractivity contribution in [2.45, 2.75) is 83.8 Å². The van der Waals surface area contributed by atoms with E-state index in [-0.39, 0.29) is 11.8 Å². The molecule has 3 aliphatic rings. The molecule has 1 aromatic rings. The van der Waals surface area contributed by atoms with Crippen molar-refractivity contribution in [2.75, 3.05) is 30.8 Å². The van der Waals surface area contributed by atoms with Gasteiger partial charge in [-0.05, 0) is 81.5 Å². The number of amidine groups is 1. The monoisotopic (exact) mass is 516 g/mol. The zero-order chi connectivity index (χ0) is 25.7. The lowest BCUT2D eigenvalue weighted by atomic mass is 9.86. The number of aryl methyl sites for hydroxylation is 2. The van der Waals surface area contributed by atoms with E-state index in [0.29, 0.717) is 50.1 Å². The van der Waals surface area contributed by atoms with Gasteiger partial charge in [0.1, 0.15) is 11.4 Å². The summed E-state index contributed by atoms with van der Waals surface area (Å²) in [4.78, 5) is 29.2. The van der Waals surface area contributed by atoms with E-state index in [1.54, 1.807) is 0 Å². The van der Waals surface area contributed by atoms with Crippen LogP contribution in [0, 0.1) is 12.8 Å². The van der Waals surface area contributed by atoms with Gasteiger partial charge < -0.3 is 15.4 Å². The van der Waals surface area contributed by atoms with Crippen LogP contribution in [0.3, 0.4) is 0 Å². The first-order chi connectivity index (χ1) is 17.3. The molecular formula is C27H40N4O4S. The summed E-state index contributed by atoms with van der Waals surface area (Å²) in [5.41, 5.74) is 2.29. The van der Waals surface area contributed by atoms with Crippen LogP contribution < -0.4 is 10.6 Å². The number of hydrogen-bond donors (Lipinski definition) is 2. The molecule has 1 aliphatic carbocycles. The molecule has 4 rings (SSSR count). The molecule has 2 heterocycles. The first kappa shape index (κ1) is 26.9. The van der Waals surface area contributed by atoms with Gasteiger partial charge in [0, 0.05) is 44.0 Å². The number of piperidine rings is 1. The Balaban J connectivity index is 1.27. The van der Waals surface area contributed by atoms with Crippen LogP contribution in [-0.4, -0.2) is 63.3 Å². The van der Waals surface area contributed by atoms with Crippen molar-refractivity contribution in [1.29, 1.82) is 0 Å². The molecule has 1 spiro atoms. The normalized spacial score (nSPS) is 24.9. The molecule has 1 saturated heterocycles. The fourth-order valence-corrected chi connectivity index (χ4v) is 6.75. The molecular weight excluding hydrogens is 476 g/mol. The number of nitrogens with one attached hydrogen (secondary N) is 2. The molecule has 2 N–H and O–H groups in total. The van der Waals surface area contributed by atoms with Crippen molar-refractivity contribution in [3.05, 3.63) is 29.3 Å². The van der Waals surface area contributed by atoms with E-state index >= 15 is 0 Å².